The Hall–Kier alpha value is -4.19. The van der Waals surface area contributed by atoms with Crippen LogP contribution in [0.4, 0.5) is 0 Å². The van der Waals surface area contributed by atoms with Gasteiger partial charge in [-0.15, -0.1) is 0 Å². The Morgan fingerprint density at radius 3 is 2.24 bits per heavy atom. The van der Waals surface area contributed by atoms with E-state index in [-0.39, 0.29) is 42.8 Å². The fourth-order valence-corrected chi connectivity index (χ4v) is 4.66. The highest BCUT2D eigenvalue weighted by Gasteiger charge is 2.17. The molecule has 0 spiro atoms. The van der Waals surface area contributed by atoms with E-state index >= 15 is 0 Å². The molecule has 216 valence electrons. The maximum atomic E-state index is 13.0. The number of aromatic amines is 1. The van der Waals surface area contributed by atoms with Gasteiger partial charge in [0.05, 0.1) is 0 Å². The van der Waals surface area contributed by atoms with Crippen LogP contribution in [0.15, 0.2) is 58.1 Å². The molecule has 0 atom stereocenters. The molecule has 0 saturated heterocycles. The van der Waals surface area contributed by atoms with Gasteiger partial charge < -0.3 is 20.4 Å². The topological polar surface area (TPSA) is 140 Å². The van der Waals surface area contributed by atoms with Crippen LogP contribution in [-0.4, -0.2) is 50.6 Å². The summed E-state index contributed by atoms with van der Waals surface area (Å²) in [6.45, 7) is 5.03. The lowest BCUT2D eigenvalue weighted by Gasteiger charge is -2.09. The van der Waals surface area contributed by atoms with Crippen molar-refractivity contribution in [3.63, 3.8) is 0 Å². The molecule has 41 heavy (non-hydrogen) atoms. The van der Waals surface area contributed by atoms with E-state index in [1.165, 1.54) is 9.13 Å². The number of nitrogens with one attached hydrogen (secondary N) is 3. The van der Waals surface area contributed by atoms with Crippen molar-refractivity contribution in [2.24, 2.45) is 0 Å². The first-order chi connectivity index (χ1) is 19.9. The predicted octanol–water partition coefficient (Wildman–Crippen LogP) is 3.19. The second kappa shape index (κ2) is 13.9. The number of amides is 2. The third-order valence-electron chi connectivity index (χ3n) is 6.36. The van der Waals surface area contributed by atoms with E-state index < -0.39 is 0 Å². The van der Waals surface area contributed by atoms with Crippen LogP contribution in [0, 0.1) is 0 Å². The first kappa shape index (κ1) is 29.8. The molecule has 4 aromatic rings. The van der Waals surface area contributed by atoms with E-state index in [9.17, 15) is 19.2 Å². The number of rotatable bonds is 13. The Bertz CT molecular complexity index is 1620. The first-order valence-electron chi connectivity index (χ1n) is 13.5. The van der Waals surface area contributed by atoms with E-state index in [0.717, 1.165) is 17.3 Å². The number of carbonyl (C=O) groups excluding carboxylic acids is 2. The molecule has 2 aromatic carbocycles. The summed E-state index contributed by atoms with van der Waals surface area (Å²) in [5, 5.41) is 6.20. The third kappa shape index (κ3) is 7.12. The van der Waals surface area contributed by atoms with E-state index in [0.29, 0.717) is 53.4 Å². The molecule has 12 heteroatoms. The molecule has 2 aromatic heterocycles. The highest BCUT2D eigenvalue weighted by molar-refractivity contribution is 9.08. The van der Waals surface area contributed by atoms with Crippen molar-refractivity contribution < 1.29 is 14.3 Å². The van der Waals surface area contributed by atoms with Crippen LogP contribution in [0.1, 0.15) is 42.6 Å². The Morgan fingerprint density at radius 1 is 0.927 bits per heavy atom. The van der Waals surface area contributed by atoms with Gasteiger partial charge >= 0.3 is 5.69 Å². The van der Waals surface area contributed by atoms with Crippen molar-refractivity contribution >= 4 is 38.9 Å². The number of H-pyrrole nitrogens is 1. The largest absolute Gasteiger partial charge is 0.484 e. The number of carbonyl (C=O) groups is 2. The number of ether oxygens (including phenoxy) is 1. The lowest BCUT2D eigenvalue weighted by molar-refractivity contribution is -0.123. The van der Waals surface area contributed by atoms with Gasteiger partial charge in [0.2, 0.25) is 0 Å². The van der Waals surface area contributed by atoms with Crippen LogP contribution < -0.4 is 26.6 Å². The molecule has 0 bridgehead atoms. The monoisotopic (exact) mass is 624 g/mol. The molecular weight excluding hydrogens is 592 g/mol. The standard InChI is InChI=1S/C29H33BrN6O5/c1-3-15-35-26-24(28(39)36(16-4-2)29(35)40)33-25(34-26)20-9-11-22(12-10-20)41-18-23(37)31-13-14-32-27(38)21-7-5-19(17-30)6-8-21/h5-12H,3-4,13-18H2,1-2H3,(H,31,37)(H,32,38)(H,33,34). The number of alkyl halides is 1. The smallest absolute Gasteiger partial charge is 0.332 e. The quantitative estimate of drug-likeness (QED) is 0.154. The van der Waals surface area contributed by atoms with Gasteiger partial charge in [0.25, 0.3) is 17.4 Å². The summed E-state index contributed by atoms with van der Waals surface area (Å²) in [6, 6.07) is 14.2. The van der Waals surface area contributed by atoms with Gasteiger partial charge in [-0.3, -0.25) is 23.5 Å². The number of nitrogens with zero attached hydrogens (tertiary/aromatic N) is 3. The minimum absolute atomic E-state index is 0.188. The van der Waals surface area contributed by atoms with Crippen molar-refractivity contribution in [3.8, 4) is 17.1 Å². The lowest BCUT2D eigenvalue weighted by Crippen LogP contribution is -2.40. The maximum Gasteiger partial charge on any atom is 0.332 e. The fourth-order valence-electron chi connectivity index (χ4n) is 4.28. The molecule has 2 amide bonds. The number of aromatic nitrogens is 4. The second-order valence-electron chi connectivity index (χ2n) is 9.42. The summed E-state index contributed by atoms with van der Waals surface area (Å²) in [5.74, 6) is 0.412. The summed E-state index contributed by atoms with van der Waals surface area (Å²) in [5.41, 5.74) is 2.23. The summed E-state index contributed by atoms with van der Waals surface area (Å²) < 4.78 is 8.37. The molecule has 0 aliphatic heterocycles. The van der Waals surface area contributed by atoms with Crippen LogP contribution in [0.5, 0.6) is 5.75 Å². The third-order valence-corrected chi connectivity index (χ3v) is 7.00. The number of halogens is 1. The summed E-state index contributed by atoms with van der Waals surface area (Å²) in [6.07, 6.45) is 1.39. The van der Waals surface area contributed by atoms with Gasteiger partial charge in [0.15, 0.2) is 12.3 Å². The van der Waals surface area contributed by atoms with Crippen molar-refractivity contribution in [2.75, 3.05) is 19.7 Å². The summed E-state index contributed by atoms with van der Waals surface area (Å²) in [4.78, 5) is 57.9. The highest BCUT2D eigenvalue weighted by atomic mass is 79.9. The number of aryl methyl sites for hydroxylation is 1. The van der Waals surface area contributed by atoms with Crippen molar-refractivity contribution in [3.05, 3.63) is 80.5 Å². The van der Waals surface area contributed by atoms with E-state index in [1.54, 1.807) is 36.4 Å². The molecule has 0 fully saturated rings. The van der Waals surface area contributed by atoms with Gasteiger partial charge in [0.1, 0.15) is 17.1 Å². The van der Waals surface area contributed by atoms with Gasteiger partial charge in [-0.2, -0.15) is 0 Å². The average Bonchev–Trinajstić information content (AvgIpc) is 3.44. The minimum atomic E-state index is -0.382. The Labute approximate surface area is 245 Å². The zero-order valence-corrected chi connectivity index (χ0v) is 24.6. The number of benzene rings is 2. The molecule has 3 N–H and O–H groups in total. The van der Waals surface area contributed by atoms with Crippen molar-refractivity contribution in [2.45, 2.75) is 45.1 Å². The minimum Gasteiger partial charge on any atom is -0.484 e. The maximum absolute atomic E-state index is 13.0. The Balaban J connectivity index is 1.32. The fraction of sp³-hybridized carbons (Fsp3) is 0.345. The zero-order chi connectivity index (χ0) is 29.4. The van der Waals surface area contributed by atoms with Crippen molar-refractivity contribution in [1.29, 1.82) is 0 Å². The van der Waals surface area contributed by atoms with Crippen LogP contribution in [0.25, 0.3) is 22.6 Å². The number of imidazole rings is 1. The van der Waals surface area contributed by atoms with Gasteiger partial charge in [-0.1, -0.05) is 41.9 Å². The van der Waals surface area contributed by atoms with E-state index in [4.69, 9.17) is 4.74 Å². The second-order valence-corrected chi connectivity index (χ2v) is 9.99. The van der Waals surface area contributed by atoms with Crippen LogP contribution in [0.3, 0.4) is 0 Å². The molecule has 0 saturated carbocycles. The summed E-state index contributed by atoms with van der Waals surface area (Å²) >= 11 is 3.37. The molecule has 0 aliphatic rings. The zero-order valence-electron chi connectivity index (χ0n) is 23.0. The van der Waals surface area contributed by atoms with E-state index in [1.807, 2.05) is 26.0 Å². The van der Waals surface area contributed by atoms with Crippen LogP contribution in [-0.2, 0) is 23.2 Å². The first-order valence-corrected chi connectivity index (χ1v) is 14.6. The SMILES string of the molecule is CCCn1c(=O)c2[nH]c(-c3ccc(OCC(=O)NCCNC(=O)c4ccc(CBr)cc4)cc3)nc2n(CCC)c1=O. The van der Waals surface area contributed by atoms with Gasteiger partial charge in [-0.05, 0) is 54.8 Å². The molecule has 11 nitrogen and oxygen atoms in total. The lowest BCUT2D eigenvalue weighted by atomic mass is 10.1. The van der Waals surface area contributed by atoms with Gasteiger partial charge in [0, 0.05) is 42.6 Å². The molecular formula is C29H33BrN6O5. The Morgan fingerprint density at radius 2 is 1.59 bits per heavy atom. The number of hydrogen-bond donors (Lipinski definition) is 3. The molecule has 2 heterocycles. The molecule has 0 unspecified atom stereocenters. The molecule has 4 rings (SSSR count). The number of hydrogen-bond acceptors (Lipinski definition) is 6. The van der Waals surface area contributed by atoms with Gasteiger partial charge in [-0.25, -0.2) is 9.78 Å². The summed E-state index contributed by atoms with van der Waals surface area (Å²) in [7, 11) is 0. The Kier molecular flexibility index (Phi) is 10.1. The molecule has 0 radical (unpaired) electrons. The van der Waals surface area contributed by atoms with Crippen molar-refractivity contribution in [1.82, 2.24) is 29.7 Å². The molecule has 0 aliphatic carbocycles. The number of fused-ring (bicyclic) bond motifs is 1. The van der Waals surface area contributed by atoms with Crippen LogP contribution in [0.2, 0.25) is 0 Å². The van der Waals surface area contributed by atoms with E-state index in [2.05, 4.69) is 36.5 Å². The highest BCUT2D eigenvalue weighted by Crippen LogP contribution is 2.22. The van der Waals surface area contributed by atoms with Crippen LogP contribution >= 0.6 is 15.9 Å². The predicted molar refractivity (Wildman–Crippen MR) is 161 cm³/mol. The average molecular weight is 626 g/mol. The normalized spacial score (nSPS) is 11.0.